The molecule has 1 N–H and O–H groups in total. The molecule has 17 heavy (non-hydrogen) atoms. The van der Waals surface area contributed by atoms with E-state index >= 15 is 0 Å². The van der Waals surface area contributed by atoms with Crippen LogP contribution in [0.25, 0.3) is 0 Å². The van der Waals surface area contributed by atoms with E-state index in [9.17, 15) is 0 Å². The average molecular weight is 272 g/mol. The first-order valence-corrected chi connectivity index (χ1v) is 6.62. The summed E-state index contributed by atoms with van der Waals surface area (Å²) in [6.07, 6.45) is 3.17. The van der Waals surface area contributed by atoms with Gasteiger partial charge in [0.2, 0.25) is 0 Å². The van der Waals surface area contributed by atoms with E-state index < -0.39 is 0 Å². The van der Waals surface area contributed by atoms with Gasteiger partial charge in [0, 0.05) is 22.6 Å². The zero-order valence-corrected chi connectivity index (χ0v) is 12.1. The molecule has 0 aliphatic rings. The fourth-order valence-corrected chi connectivity index (χ4v) is 2.20. The Bertz CT molecular complexity index is 395. The summed E-state index contributed by atoms with van der Waals surface area (Å²) < 4.78 is 0. The van der Waals surface area contributed by atoms with Crippen LogP contribution in [0.4, 0.5) is 0 Å². The molecule has 0 heterocycles. The molecule has 1 aromatic carbocycles. The summed E-state index contributed by atoms with van der Waals surface area (Å²) in [6, 6.07) is 5.95. The number of hydrogen-bond acceptors (Lipinski definition) is 1. The van der Waals surface area contributed by atoms with E-state index in [0.29, 0.717) is 5.02 Å². The third-order valence-electron chi connectivity index (χ3n) is 2.62. The maximum atomic E-state index is 6.20. The van der Waals surface area contributed by atoms with Crippen molar-refractivity contribution in [3.63, 3.8) is 0 Å². The van der Waals surface area contributed by atoms with Crippen molar-refractivity contribution in [1.82, 2.24) is 5.32 Å². The van der Waals surface area contributed by atoms with Gasteiger partial charge in [-0.15, -0.1) is 0 Å². The van der Waals surface area contributed by atoms with Gasteiger partial charge in [-0.1, -0.05) is 47.8 Å². The summed E-state index contributed by atoms with van der Waals surface area (Å²) >= 11 is 12.1. The molecule has 1 unspecified atom stereocenters. The van der Waals surface area contributed by atoms with Gasteiger partial charge in [-0.2, -0.15) is 0 Å². The zero-order chi connectivity index (χ0) is 12.8. The van der Waals surface area contributed by atoms with Gasteiger partial charge in [-0.25, -0.2) is 0 Å². The molecule has 0 fully saturated rings. The molecule has 0 bridgehead atoms. The van der Waals surface area contributed by atoms with Gasteiger partial charge in [0.25, 0.3) is 0 Å². The second kappa shape index (κ2) is 7.05. The predicted molar refractivity (Wildman–Crippen MR) is 76.9 cm³/mol. The first-order valence-electron chi connectivity index (χ1n) is 5.86. The first-order chi connectivity index (χ1) is 8.04. The van der Waals surface area contributed by atoms with E-state index in [-0.39, 0.29) is 6.04 Å². The smallest absolute Gasteiger partial charge is 0.0468 e. The Hall–Kier alpha value is -0.500. The summed E-state index contributed by atoms with van der Waals surface area (Å²) in [7, 11) is 0. The molecule has 0 amide bonds. The molecule has 94 valence electrons. The largest absolute Gasteiger partial charge is 0.306 e. The lowest BCUT2D eigenvalue weighted by Gasteiger charge is -2.18. The number of allylic oxidation sites excluding steroid dienone is 1. The van der Waals surface area contributed by atoms with E-state index in [4.69, 9.17) is 23.2 Å². The summed E-state index contributed by atoms with van der Waals surface area (Å²) in [5, 5.41) is 4.88. The third kappa shape index (κ3) is 4.71. The van der Waals surface area contributed by atoms with E-state index in [1.807, 2.05) is 12.1 Å². The summed E-state index contributed by atoms with van der Waals surface area (Å²) in [5.41, 5.74) is 2.43. The van der Waals surface area contributed by atoms with Crippen molar-refractivity contribution in [2.24, 2.45) is 0 Å². The van der Waals surface area contributed by atoms with Gasteiger partial charge in [0.15, 0.2) is 0 Å². The minimum Gasteiger partial charge on any atom is -0.306 e. The fraction of sp³-hybridized carbons (Fsp3) is 0.429. The van der Waals surface area contributed by atoms with Gasteiger partial charge in [-0.3, -0.25) is 0 Å². The molecule has 0 saturated heterocycles. The van der Waals surface area contributed by atoms with Crippen LogP contribution in [-0.2, 0) is 0 Å². The van der Waals surface area contributed by atoms with Crippen LogP contribution < -0.4 is 5.32 Å². The standard InChI is InChI=1S/C14H19Cl2N/c1-4-14(17-8-7-10(2)3)12-6-5-11(15)9-13(12)16/h5-7,9,14,17H,4,8H2,1-3H3. The summed E-state index contributed by atoms with van der Waals surface area (Å²) in [4.78, 5) is 0. The Kier molecular flexibility index (Phi) is 6.04. The second-order valence-electron chi connectivity index (χ2n) is 4.32. The first kappa shape index (κ1) is 14.6. The van der Waals surface area contributed by atoms with Gasteiger partial charge in [0.05, 0.1) is 0 Å². The molecule has 1 nitrogen and oxygen atoms in total. The van der Waals surface area contributed by atoms with Crippen LogP contribution >= 0.6 is 23.2 Å². The fourth-order valence-electron chi connectivity index (χ4n) is 1.66. The van der Waals surface area contributed by atoms with E-state index in [2.05, 4.69) is 32.2 Å². The number of halogens is 2. The lowest BCUT2D eigenvalue weighted by atomic mass is 10.0. The molecule has 1 atom stereocenters. The van der Waals surface area contributed by atoms with Crippen molar-refractivity contribution in [2.75, 3.05) is 6.54 Å². The average Bonchev–Trinajstić information content (AvgIpc) is 2.25. The molecule has 3 heteroatoms. The van der Waals surface area contributed by atoms with E-state index in [0.717, 1.165) is 23.6 Å². The van der Waals surface area contributed by atoms with Gasteiger partial charge >= 0.3 is 0 Å². The highest BCUT2D eigenvalue weighted by Gasteiger charge is 2.11. The lowest BCUT2D eigenvalue weighted by Crippen LogP contribution is -2.21. The lowest BCUT2D eigenvalue weighted by molar-refractivity contribution is 0.551. The Morgan fingerprint density at radius 3 is 2.59 bits per heavy atom. The zero-order valence-electron chi connectivity index (χ0n) is 10.6. The van der Waals surface area contributed by atoms with Crippen LogP contribution in [0.5, 0.6) is 0 Å². The highest BCUT2D eigenvalue weighted by molar-refractivity contribution is 6.35. The van der Waals surface area contributed by atoms with Crippen molar-refractivity contribution in [1.29, 1.82) is 0 Å². The molecule has 0 aliphatic heterocycles. The Labute approximate surface area is 114 Å². The van der Waals surface area contributed by atoms with Crippen LogP contribution in [0.1, 0.15) is 38.8 Å². The van der Waals surface area contributed by atoms with Crippen LogP contribution in [0, 0.1) is 0 Å². The molecule has 0 spiro atoms. The van der Waals surface area contributed by atoms with E-state index in [1.54, 1.807) is 6.07 Å². The van der Waals surface area contributed by atoms with Crippen molar-refractivity contribution in [3.8, 4) is 0 Å². The molecule has 0 aromatic heterocycles. The summed E-state index contributed by atoms with van der Waals surface area (Å²) in [6.45, 7) is 7.20. The second-order valence-corrected chi connectivity index (χ2v) is 5.16. The molecular weight excluding hydrogens is 253 g/mol. The number of hydrogen-bond donors (Lipinski definition) is 1. The minimum atomic E-state index is 0.273. The molecule has 1 aromatic rings. The van der Waals surface area contributed by atoms with Crippen LogP contribution in [-0.4, -0.2) is 6.54 Å². The van der Waals surface area contributed by atoms with Crippen molar-refractivity contribution in [2.45, 2.75) is 33.2 Å². The van der Waals surface area contributed by atoms with Crippen molar-refractivity contribution in [3.05, 3.63) is 45.5 Å². The van der Waals surface area contributed by atoms with Crippen molar-refractivity contribution >= 4 is 23.2 Å². The molecule has 1 rings (SSSR count). The number of rotatable bonds is 5. The minimum absolute atomic E-state index is 0.273. The van der Waals surface area contributed by atoms with E-state index in [1.165, 1.54) is 5.57 Å². The Balaban J connectivity index is 2.76. The molecule has 0 aliphatic carbocycles. The number of benzene rings is 1. The maximum absolute atomic E-state index is 6.20. The quantitative estimate of drug-likeness (QED) is 0.744. The SMILES string of the molecule is CCC(NCC=C(C)C)c1ccc(Cl)cc1Cl. The maximum Gasteiger partial charge on any atom is 0.0468 e. The van der Waals surface area contributed by atoms with Gasteiger partial charge in [-0.05, 0) is 38.0 Å². The predicted octanol–water partition coefficient (Wildman–Crippen LogP) is 5.00. The van der Waals surface area contributed by atoms with Gasteiger partial charge in [0.1, 0.15) is 0 Å². The molecule has 0 radical (unpaired) electrons. The Morgan fingerprint density at radius 2 is 2.06 bits per heavy atom. The highest BCUT2D eigenvalue weighted by Crippen LogP contribution is 2.27. The topological polar surface area (TPSA) is 12.0 Å². The molecular formula is C14H19Cl2N. The third-order valence-corrected chi connectivity index (χ3v) is 3.18. The van der Waals surface area contributed by atoms with Gasteiger partial charge < -0.3 is 5.32 Å². The molecule has 0 saturated carbocycles. The van der Waals surface area contributed by atoms with Crippen LogP contribution in [0.15, 0.2) is 29.8 Å². The number of nitrogens with one attached hydrogen (secondary N) is 1. The highest BCUT2D eigenvalue weighted by atomic mass is 35.5. The van der Waals surface area contributed by atoms with Crippen LogP contribution in [0.2, 0.25) is 10.0 Å². The monoisotopic (exact) mass is 271 g/mol. The van der Waals surface area contributed by atoms with Crippen molar-refractivity contribution < 1.29 is 0 Å². The van der Waals surface area contributed by atoms with Crippen LogP contribution in [0.3, 0.4) is 0 Å². The summed E-state index contributed by atoms with van der Waals surface area (Å²) in [5.74, 6) is 0. The normalized spacial score (nSPS) is 12.3. The Morgan fingerprint density at radius 1 is 1.35 bits per heavy atom.